The van der Waals surface area contributed by atoms with Gasteiger partial charge >= 0.3 is 0 Å². The van der Waals surface area contributed by atoms with E-state index in [1.807, 2.05) is 42.5 Å². The molecule has 2 N–H and O–H groups in total. The molecule has 0 saturated heterocycles. The zero-order chi connectivity index (χ0) is 14.9. The molecule has 0 saturated carbocycles. The van der Waals surface area contributed by atoms with Crippen LogP contribution in [0.25, 0.3) is 0 Å². The lowest BCUT2D eigenvalue weighted by molar-refractivity contribution is 0.0951. The normalized spacial score (nSPS) is 10.3. The van der Waals surface area contributed by atoms with Crippen LogP contribution in [0.5, 0.6) is 0 Å². The van der Waals surface area contributed by atoms with Gasteiger partial charge < -0.3 is 10.4 Å². The number of rotatable bonds is 7. The van der Waals surface area contributed by atoms with Crippen molar-refractivity contribution in [2.75, 3.05) is 13.2 Å². The third-order valence-corrected chi connectivity index (χ3v) is 4.07. The molecule has 1 amide bonds. The van der Waals surface area contributed by atoms with Crippen molar-refractivity contribution in [1.29, 1.82) is 0 Å². The predicted molar refractivity (Wildman–Crippen MR) is 86.5 cm³/mol. The van der Waals surface area contributed by atoms with E-state index in [9.17, 15) is 4.79 Å². The van der Waals surface area contributed by atoms with Gasteiger partial charge in [0, 0.05) is 29.4 Å². The highest BCUT2D eigenvalue weighted by molar-refractivity contribution is 7.98. The van der Waals surface area contributed by atoms with Crippen LogP contribution in [-0.4, -0.2) is 24.2 Å². The number of carbonyl (C=O) groups is 1. The molecule has 2 rings (SSSR count). The molecule has 2 aromatic rings. The topological polar surface area (TPSA) is 49.3 Å². The Kier molecular flexibility index (Phi) is 6.31. The number of thioether (sulfide) groups is 1. The molecule has 3 nitrogen and oxygen atoms in total. The standard InChI is InChI=1S/C17H19NO2S/c19-12-4-11-18-17(20)15-7-9-16(10-8-15)21-13-14-5-2-1-3-6-14/h1-3,5-10,19H,4,11-13H2,(H,18,20). The molecule has 0 aliphatic carbocycles. The first-order valence-corrected chi connectivity index (χ1v) is 7.94. The van der Waals surface area contributed by atoms with Crippen LogP contribution in [-0.2, 0) is 5.75 Å². The maximum Gasteiger partial charge on any atom is 0.251 e. The van der Waals surface area contributed by atoms with Crippen LogP contribution in [0.3, 0.4) is 0 Å². The van der Waals surface area contributed by atoms with Crippen molar-refractivity contribution in [3.8, 4) is 0 Å². The van der Waals surface area contributed by atoms with E-state index in [2.05, 4.69) is 17.4 Å². The van der Waals surface area contributed by atoms with Crippen molar-refractivity contribution in [2.45, 2.75) is 17.1 Å². The summed E-state index contributed by atoms with van der Waals surface area (Å²) >= 11 is 1.75. The molecule has 0 atom stereocenters. The zero-order valence-electron chi connectivity index (χ0n) is 11.8. The van der Waals surface area contributed by atoms with Gasteiger partial charge in [0.05, 0.1) is 0 Å². The van der Waals surface area contributed by atoms with E-state index in [0.29, 0.717) is 18.5 Å². The van der Waals surface area contributed by atoms with E-state index in [-0.39, 0.29) is 12.5 Å². The van der Waals surface area contributed by atoms with Gasteiger partial charge in [-0.1, -0.05) is 30.3 Å². The number of hydrogen-bond acceptors (Lipinski definition) is 3. The Bertz CT molecular complexity index is 555. The summed E-state index contributed by atoms with van der Waals surface area (Å²) in [6.45, 7) is 0.592. The molecule has 0 unspecified atom stereocenters. The summed E-state index contributed by atoms with van der Waals surface area (Å²) in [5, 5.41) is 11.5. The van der Waals surface area contributed by atoms with E-state index in [1.165, 1.54) is 5.56 Å². The number of amides is 1. The number of carbonyl (C=O) groups excluding carboxylic acids is 1. The highest BCUT2D eigenvalue weighted by atomic mass is 32.2. The molecule has 0 radical (unpaired) electrons. The van der Waals surface area contributed by atoms with Crippen LogP contribution >= 0.6 is 11.8 Å². The zero-order valence-corrected chi connectivity index (χ0v) is 12.6. The minimum atomic E-state index is -0.0944. The summed E-state index contributed by atoms with van der Waals surface area (Å²) in [5.74, 6) is 0.825. The number of aliphatic hydroxyl groups is 1. The number of aliphatic hydroxyl groups excluding tert-OH is 1. The maximum absolute atomic E-state index is 11.8. The third kappa shape index (κ3) is 5.25. The number of benzene rings is 2. The first-order valence-electron chi connectivity index (χ1n) is 6.95. The second kappa shape index (κ2) is 8.49. The molecule has 0 bridgehead atoms. The Morgan fingerprint density at radius 1 is 1.05 bits per heavy atom. The molecule has 110 valence electrons. The van der Waals surface area contributed by atoms with Crippen LogP contribution in [0, 0.1) is 0 Å². The van der Waals surface area contributed by atoms with Crippen LogP contribution in [0.1, 0.15) is 22.3 Å². The maximum atomic E-state index is 11.8. The summed E-state index contributed by atoms with van der Waals surface area (Å²) in [6, 6.07) is 17.9. The predicted octanol–water partition coefficient (Wildman–Crippen LogP) is 3.09. The highest BCUT2D eigenvalue weighted by Crippen LogP contribution is 2.22. The van der Waals surface area contributed by atoms with Gasteiger partial charge in [0.2, 0.25) is 0 Å². The Labute approximate surface area is 129 Å². The first kappa shape index (κ1) is 15.6. The lowest BCUT2D eigenvalue weighted by Gasteiger charge is -2.06. The van der Waals surface area contributed by atoms with Gasteiger partial charge in [0.25, 0.3) is 5.91 Å². The summed E-state index contributed by atoms with van der Waals surface area (Å²) in [5.41, 5.74) is 1.94. The Morgan fingerprint density at radius 2 is 1.76 bits per heavy atom. The highest BCUT2D eigenvalue weighted by Gasteiger charge is 2.04. The minimum absolute atomic E-state index is 0.0926. The lowest BCUT2D eigenvalue weighted by atomic mass is 10.2. The molecule has 0 spiro atoms. The lowest BCUT2D eigenvalue weighted by Crippen LogP contribution is -2.24. The van der Waals surface area contributed by atoms with Gasteiger partial charge in [-0.2, -0.15) is 0 Å². The third-order valence-electron chi connectivity index (χ3n) is 2.99. The fourth-order valence-electron chi connectivity index (χ4n) is 1.83. The van der Waals surface area contributed by atoms with Gasteiger partial charge in [0.15, 0.2) is 0 Å². The Hall–Kier alpha value is -1.78. The first-order chi connectivity index (χ1) is 10.3. The second-order valence-electron chi connectivity index (χ2n) is 4.63. The van der Waals surface area contributed by atoms with Gasteiger partial charge in [0.1, 0.15) is 0 Å². The van der Waals surface area contributed by atoms with E-state index in [0.717, 1.165) is 10.6 Å². The van der Waals surface area contributed by atoms with E-state index < -0.39 is 0 Å². The fraction of sp³-hybridized carbons (Fsp3) is 0.235. The van der Waals surface area contributed by atoms with E-state index >= 15 is 0 Å². The van der Waals surface area contributed by atoms with Crippen LogP contribution in [0.15, 0.2) is 59.5 Å². The molecule has 0 aliphatic rings. The average Bonchev–Trinajstić information content (AvgIpc) is 2.54. The van der Waals surface area contributed by atoms with Crippen molar-refractivity contribution in [3.05, 3.63) is 65.7 Å². The SMILES string of the molecule is O=C(NCCCO)c1ccc(SCc2ccccc2)cc1. The van der Waals surface area contributed by atoms with E-state index in [4.69, 9.17) is 5.11 Å². The average molecular weight is 301 g/mol. The smallest absolute Gasteiger partial charge is 0.251 e. The van der Waals surface area contributed by atoms with Crippen LogP contribution in [0.4, 0.5) is 0 Å². The van der Waals surface area contributed by atoms with Gasteiger partial charge in [-0.3, -0.25) is 4.79 Å². The van der Waals surface area contributed by atoms with Crippen LogP contribution in [0.2, 0.25) is 0 Å². The van der Waals surface area contributed by atoms with Crippen molar-refractivity contribution >= 4 is 17.7 Å². The summed E-state index contributed by atoms with van der Waals surface area (Å²) in [6.07, 6.45) is 0.580. The molecule has 4 heteroatoms. The van der Waals surface area contributed by atoms with Gasteiger partial charge in [-0.25, -0.2) is 0 Å². The van der Waals surface area contributed by atoms with Crippen molar-refractivity contribution in [1.82, 2.24) is 5.32 Å². The molecular formula is C17H19NO2S. The summed E-state index contributed by atoms with van der Waals surface area (Å²) < 4.78 is 0. The number of hydrogen-bond donors (Lipinski definition) is 2. The minimum Gasteiger partial charge on any atom is -0.396 e. The summed E-state index contributed by atoms with van der Waals surface area (Å²) in [4.78, 5) is 13.0. The molecule has 21 heavy (non-hydrogen) atoms. The Morgan fingerprint density at radius 3 is 2.43 bits per heavy atom. The van der Waals surface area contributed by atoms with Crippen molar-refractivity contribution in [2.24, 2.45) is 0 Å². The molecular weight excluding hydrogens is 282 g/mol. The van der Waals surface area contributed by atoms with E-state index in [1.54, 1.807) is 11.8 Å². The molecule has 0 aliphatic heterocycles. The Balaban J connectivity index is 1.85. The molecule has 0 fully saturated rings. The van der Waals surface area contributed by atoms with Crippen molar-refractivity contribution < 1.29 is 9.90 Å². The monoisotopic (exact) mass is 301 g/mol. The quantitative estimate of drug-likeness (QED) is 0.610. The van der Waals surface area contributed by atoms with Gasteiger partial charge in [-0.05, 0) is 36.2 Å². The number of nitrogens with one attached hydrogen (secondary N) is 1. The molecule has 2 aromatic carbocycles. The largest absolute Gasteiger partial charge is 0.396 e. The van der Waals surface area contributed by atoms with Crippen LogP contribution < -0.4 is 5.32 Å². The fourth-order valence-corrected chi connectivity index (χ4v) is 2.68. The van der Waals surface area contributed by atoms with Crippen molar-refractivity contribution in [3.63, 3.8) is 0 Å². The molecule has 0 heterocycles. The van der Waals surface area contributed by atoms with Gasteiger partial charge in [-0.15, -0.1) is 11.8 Å². The molecule has 0 aromatic heterocycles. The second-order valence-corrected chi connectivity index (χ2v) is 5.68. The summed E-state index contributed by atoms with van der Waals surface area (Å²) in [7, 11) is 0.